The number of ketones is 1. The topological polar surface area (TPSA) is 174 Å². The molecule has 0 aromatic carbocycles. The molecule has 4 aliphatic carbocycles. The number of esters is 1. The van der Waals surface area contributed by atoms with Gasteiger partial charge in [-0.1, -0.05) is 19.9 Å². The molecule has 1 heterocycles. The second-order valence-electron chi connectivity index (χ2n) is 12.2. The van der Waals surface area contributed by atoms with E-state index in [-0.39, 0.29) is 18.1 Å². The van der Waals surface area contributed by atoms with Crippen LogP contribution in [-0.2, 0) is 19.1 Å². The van der Waals surface area contributed by atoms with E-state index in [9.17, 15) is 40.2 Å². The third kappa shape index (κ3) is 3.03. The molecular weight excluding hydrogens is 472 g/mol. The van der Waals surface area contributed by atoms with Gasteiger partial charge >= 0.3 is 5.97 Å². The maximum atomic E-state index is 13.7. The second kappa shape index (κ2) is 8.30. The normalized spacial score (nSPS) is 54.6. The summed E-state index contributed by atoms with van der Waals surface area (Å²) < 4.78 is 11.0. The van der Waals surface area contributed by atoms with Crippen LogP contribution in [-0.4, -0.2) is 91.4 Å². The number of aliphatic hydroxyl groups excluding tert-OH is 5. The average Bonchev–Trinajstić information content (AvgIpc) is 3.04. The van der Waals surface area contributed by atoms with Crippen molar-refractivity contribution in [2.75, 3.05) is 6.61 Å². The molecule has 1 spiro atoms. The minimum atomic E-state index is -1.74. The number of hydrogen-bond acceptors (Lipinski definition) is 10. The molecule has 0 amide bonds. The van der Waals surface area contributed by atoms with Crippen LogP contribution in [0.2, 0.25) is 0 Å². The number of fused-ring (bicyclic) bond motifs is 3. The fraction of sp³-hybridized carbons (Fsp3) is 0.846. The van der Waals surface area contributed by atoms with Gasteiger partial charge in [0.1, 0.15) is 30.0 Å². The lowest BCUT2D eigenvalue weighted by Crippen LogP contribution is -2.74. The molecule has 10 heteroatoms. The van der Waals surface area contributed by atoms with Crippen LogP contribution in [0.3, 0.4) is 0 Å². The van der Waals surface area contributed by atoms with Gasteiger partial charge in [-0.05, 0) is 62.9 Å². The number of hydrogen-bond donors (Lipinski definition) is 6. The van der Waals surface area contributed by atoms with Gasteiger partial charge in [-0.15, -0.1) is 0 Å². The summed E-state index contributed by atoms with van der Waals surface area (Å²) in [6.07, 6.45) is -5.99. The van der Waals surface area contributed by atoms with E-state index in [0.29, 0.717) is 44.1 Å². The molecule has 2 bridgehead atoms. The number of rotatable bonds is 3. The summed E-state index contributed by atoms with van der Waals surface area (Å²) in [5.74, 6) is -1.48. The number of carbonyl (C=O) groups excluding carboxylic acids is 2. The van der Waals surface area contributed by atoms with E-state index in [2.05, 4.69) is 6.58 Å². The van der Waals surface area contributed by atoms with Crippen LogP contribution in [0, 0.1) is 28.1 Å². The first-order valence-electron chi connectivity index (χ1n) is 12.9. The maximum Gasteiger partial charge on any atom is 0.314 e. The Kier molecular flexibility index (Phi) is 6.04. The van der Waals surface area contributed by atoms with Crippen molar-refractivity contribution in [2.24, 2.45) is 28.1 Å². The Labute approximate surface area is 209 Å². The summed E-state index contributed by atoms with van der Waals surface area (Å²) in [6, 6.07) is 0. The van der Waals surface area contributed by atoms with Crippen LogP contribution in [0.1, 0.15) is 58.8 Å². The minimum absolute atomic E-state index is 0.154. The van der Waals surface area contributed by atoms with Gasteiger partial charge in [0.25, 0.3) is 0 Å². The molecule has 6 N–H and O–H groups in total. The number of aliphatic hydroxyl groups is 6. The first-order valence-corrected chi connectivity index (χ1v) is 12.9. The molecule has 1 aliphatic heterocycles. The molecule has 5 rings (SSSR count). The maximum absolute atomic E-state index is 13.7. The number of Topliss-reactive ketones (excluding diaryl/α,β-unsaturated/α-hetero) is 1. The van der Waals surface area contributed by atoms with E-state index in [1.54, 1.807) is 6.92 Å². The van der Waals surface area contributed by atoms with E-state index in [4.69, 9.17) is 9.47 Å². The molecule has 5 fully saturated rings. The molecular formula is C26H38O10. The molecule has 36 heavy (non-hydrogen) atoms. The zero-order chi connectivity index (χ0) is 26.4. The standard InChI is InChI=1S/C26H38O10/c1-12-13-9-16(28)26(34)24(3)7-4-6-23(2,15(24)5-8-25(26,10-13)20(12)32)22(33)36-21-19(31)18(30)17(29)14(11-27)35-21/h13-19,21,27-31,34H,1,4-11H2,2-3H3. The third-order valence-electron chi connectivity index (χ3n) is 10.7. The van der Waals surface area contributed by atoms with Crippen molar-refractivity contribution in [3.8, 4) is 0 Å². The Morgan fingerprint density at radius 1 is 1.11 bits per heavy atom. The molecule has 1 saturated heterocycles. The van der Waals surface area contributed by atoms with Crippen molar-refractivity contribution in [3.05, 3.63) is 12.2 Å². The zero-order valence-electron chi connectivity index (χ0n) is 20.8. The van der Waals surface area contributed by atoms with Crippen molar-refractivity contribution in [1.29, 1.82) is 0 Å². The minimum Gasteiger partial charge on any atom is -0.432 e. The first-order chi connectivity index (χ1) is 16.8. The number of carbonyl (C=O) groups is 2. The predicted octanol–water partition coefficient (Wildman–Crippen LogP) is -0.437. The Balaban J connectivity index is 1.47. The number of allylic oxidation sites excluding steroid dienone is 1. The number of ether oxygens (including phenoxy) is 2. The molecule has 10 nitrogen and oxygen atoms in total. The molecule has 12 atom stereocenters. The van der Waals surface area contributed by atoms with Gasteiger partial charge in [0.05, 0.1) is 23.5 Å². The van der Waals surface area contributed by atoms with Crippen LogP contribution in [0.25, 0.3) is 0 Å². The second-order valence-corrected chi connectivity index (χ2v) is 12.2. The van der Waals surface area contributed by atoms with Crippen molar-refractivity contribution >= 4 is 11.8 Å². The fourth-order valence-corrected chi connectivity index (χ4v) is 8.78. The van der Waals surface area contributed by atoms with Crippen LogP contribution < -0.4 is 0 Å². The van der Waals surface area contributed by atoms with Crippen LogP contribution in [0.4, 0.5) is 0 Å². The zero-order valence-corrected chi connectivity index (χ0v) is 20.8. The molecule has 0 aromatic heterocycles. The largest absolute Gasteiger partial charge is 0.432 e. The summed E-state index contributed by atoms with van der Waals surface area (Å²) in [7, 11) is 0. The summed E-state index contributed by atoms with van der Waals surface area (Å²) in [4.78, 5) is 27.1. The molecule has 202 valence electrons. The molecule has 0 radical (unpaired) electrons. The van der Waals surface area contributed by atoms with Gasteiger partial charge in [-0.2, -0.15) is 0 Å². The van der Waals surface area contributed by atoms with Gasteiger partial charge < -0.3 is 40.1 Å². The Morgan fingerprint density at radius 3 is 2.47 bits per heavy atom. The summed E-state index contributed by atoms with van der Waals surface area (Å²) in [5, 5.41) is 63.6. The summed E-state index contributed by atoms with van der Waals surface area (Å²) in [5.41, 5.74) is -4.51. The monoisotopic (exact) mass is 510 g/mol. The lowest BCUT2D eigenvalue weighted by Gasteiger charge is -2.67. The van der Waals surface area contributed by atoms with E-state index in [1.165, 1.54) is 0 Å². The highest BCUT2D eigenvalue weighted by Crippen LogP contribution is 2.72. The van der Waals surface area contributed by atoms with E-state index < -0.39 is 77.1 Å². The lowest BCUT2D eigenvalue weighted by molar-refractivity contribution is -0.307. The highest BCUT2D eigenvalue weighted by molar-refractivity contribution is 6.04. The van der Waals surface area contributed by atoms with E-state index in [1.807, 2.05) is 6.92 Å². The molecule has 0 aromatic rings. The summed E-state index contributed by atoms with van der Waals surface area (Å²) >= 11 is 0. The quantitative estimate of drug-likeness (QED) is 0.216. The Bertz CT molecular complexity index is 966. The molecule has 4 saturated carbocycles. The SMILES string of the molecule is C=C1C(=O)C23CCC4C(C)(C(=O)OC5OC(CO)C(O)C(O)C5O)CCCC4(C)C2(O)C(O)CC1C3. The van der Waals surface area contributed by atoms with Gasteiger partial charge in [0.2, 0.25) is 6.29 Å². The van der Waals surface area contributed by atoms with Crippen LogP contribution >= 0.6 is 0 Å². The Morgan fingerprint density at radius 2 is 1.81 bits per heavy atom. The first kappa shape index (κ1) is 26.2. The highest BCUT2D eigenvalue weighted by atomic mass is 16.7. The lowest BCUT2D eigenvalue weighted by atomic mass is 9.38. The fourth-order valence-electron chi connectivity index (χ4n) is 8.78. The van der Waals surface area contributed by atoms with E-state index >= 15 is 0 Å². The summed E-state index contributed by atoms with van der Waals surface area (Å²) in [6.45, 7) is 6.91. The van der Waals surface area contributed by atoms with Gasteiger partial charge in [0, 0.05) is 5.41 Å². The van der Waals surface area contributed by atoms with Crippen molar-refractivity contribution < 1.29 is 49.7 Å². The van der Waals surface area contributed by atoms with Crippen LogP contribution in [0.15, 0.2) is 12.2 Å². The molecule has 12 unspecified atom stereocenters. The van der Waals surface area contributed by atoms with Gasteiger partial charge in [0.15, 0.2) is 5.78 Å². The third-order valence-corrected chi connectivity index (χ3v) is 10.7. The molecule has 5 aliphatic rings. The van der Waals surface area contributed by atoms with Gasteiger partial charge in [-0.25, -0.2) is 0 Å². The van der Waals surface area contributed by atoms with Gasteiger partial charge in [-0.3, -0.25) is 9.59 Å². The van der Waals surface area contributed by atoms with Crippen molar-refractivity contribution in [1.82, 2.24) is 0 Å². The highest BCUT2D eigenvalue weighted by Gasteiger charge is 2.78. The van der Waals surface area contributed by atoms with Crippen molar-refractivity contribution in [3.63, 3.8) is 0 Å². The average molecular weight is 511 g/mol. The predicted molar refractivity (Wildman–Crippen MR) is 123 cm³/mol. The Hall–Kier alpha value is -1.40. The smallest absolute Gasteiger partial charge is 0.314 e. The van der Waals surface area contributed by atoms with E-state index in [0.717, 1.165) is 0 Å². The van der Waals surface area contributed by atoms with Crippen molar-refractivity contribution in [2.45, 2.75) is 101 Å². The van der Waals surface area contributed by atoms with Crippen LogP contribution in [0.5, 0.6) is 0 Å².